The Morgan fingerprint density at radius 2 is 2.03 bits per heavy atom. The summed E-state index contributed by atoms with van der Waals surface area (Å²) < 4.78 is 12.6. The lowest BCUT2D eigenvalue weighted by Gasteiger charge is -2.26. The minimum Gasteiger partial charge on any atom is -0.483 e. The van der Waals surface area contributed by atoms with Gasteiger partial charge in [-0.2, -0.15) is 0 Å². The maximum absolute atomic E-state index is 12.8. The zero-order chi connectivity index (χ0) is 21.8. The molecule has 0 spiro atoms. The summed E-state index contributed by atoms with van der Waals surface area (Å²) in [6.07, 6.45) is 3.25. The topological polar surface area (TPSA) is 60.8 Å². The molecule has 1 aromatic heterocycles. The van der Waals surface area contributed by atoms with Crippen molar-refractivity contribution in [3.63, 3.8) is 0 Å². The Labute approximate surface area is 182 Å². The number of rotatable bonds is 5. The van der Waals surface area contributed by atoms with Gasteiger partial charge in [0.05, 0.1) is 12.6 Å². The number of carbonyl (C=O) groups excluding carboxylic acids is 1. The van der Waals surface area contributed by atoms with E-state index in [1.165, 1.54) is 18.9 Å². The molecule has 1 aromatic carbocycles. The van der Waals surface area contributed by atoms with Crippen LogP contribution in [0, 0.1) is 24.7 Å². The molecule has 31 heavy (non-hydrogen) atoms. The average molecular weight is 421 g/mol. The molecule has 0 bridgehead atoms. The average Bonchev–Trinajstić information content (AvgIpc) is 3.61. The van der Waals surface area contributed by atoms with E-state index >= 15 is 0 Å². The summed E-state index contributed by atoms with van der Waals surface area (Å²) in [5.41, 5.74) is 2.66. The molecule has 1 atom stereocenters. The zero-order valence-corrected chi connectivity index (χ0v) is 18.1. The van der Waals surface area contributed by atoms with E-state index in [1.807, 2.05) is 38.1 Å². The number of aromatic nitrogens is 1. The third kappa shape index (κ3) is 5.36. The summed E-state index contributed by atoms with van der Waals surface area (Å²) in [6.45, 7) is 5.42. The fourth-order valence-electron chi connectivity index (χ4n) is 3.70. The van der Waals surface area contributed by atoms with Crippen LogP contribution in [0.1, 0.15) is 49.0 Å². The van der Waals surface area contributed by atoms with E-state index in [-0.39, 0.29) is 24.1 Å². The van der Waals surface area contributed by atoms with E-state index in [0.717, 1.165) is 23.2 Å². The Morgan fingerprint density at radius 1 is 1.26 bits per heavy atom. The highest BCUT2D eigenvalue weighted by atomic mass is 16.5. The predicted octanol–water partition coefficient (Wildman–Crippen LogP) is 3.11. The summed E-state index contributed by atoms with van der Waals surface area (Å²) in [7, 11) is 0. The summed E-state index contributed by atoms with van der Waals surface area (Å²) in [5.74, 6) is 7.32. The third-order valence-electron chi connectivity index (χ3n) is 5.69. The highest BCUT2D eigenvalue weighted by Gasteiger charge is 2.19. The molecule has 2 heterocycles. The van der Waals surface area contributed by atoms with Gasteiger partial charge in [-0.3, -0.25) is 9.59 Å². The van der Waals surface area contributed by atoms with Crippen LogP contribution in [-0.4, -0.2) is 41.9 Å². The first-order chi connectivity index (χ1) is 15.0. The molecule has 162 valence electrons. The molecule has 6 heteroatoms. The van der Waals surface area contributed by atoms with Crippen molar-refractivity contribution in [2.24, 2.45) is 5.92 Å². The summed E-state index contributed by atoms with van der Waals surface area (Å²) in [4.78, 5) is 26.7. The van der Waals surface area contributed by atoms with Crippen molar-refractivity contribution in [1.82, 2.24) is 9.47 Å². The lowest BCUT2D eigenvalue weighted by Crippen LogP contribution is -2.40. The standard InChI is InChI=1S/C25H28N2O4/c1-18-14-23(31-16-25(29)26-12-3-13-30-17-26)15-24(28)27(18)19(2)22-10-8-21(9-11-22)7-6-20-4-5-20/h8-11,14-15,19-20H,3-5,12-13,16-17H2,1-2H3/t19-/m1/s1. The van der Waals surface area contributed by atoms with Gasteiger partial charge in [-0.25, -0.2) is 0 Å². The van der Waals surface area contributed by atoms with Crippen molar-refractivity contribution in [3.05, 3.63) is 63.6 Å². The molecule has 2 fully saturated rings. The smallest absolute Gasteiger partial charge is 0.262 e. The Hall–Kier alpha value is -3.04. The fraction of sp³-hybridized carbons (Fsp3) is 0.440. The van der Waals surface area contributed by atoms with E-state index in [0.29, 0.717) is 31.5 Å². The number of hydrogen-bond acceptors (Lipinski definition) is 4. The molecular formula is C25H28N2O4. The Bertz CT molecular complexity index is 1050. The SMILES string of the molecule is Cc1cc(OCC(=O)N2CCCOC2)cc(=O)n1[C@H](C)c1ccc(C#CC2CC2)cc1. The van der Waals surface area contributed by atoms with Gasteiger partial charge in [0.2, 0.25) is 0 Å². The quantitative estimate of drug-likeness (QED) is 0.698. The van der Waals surface area contributed by atoms with Gasteiger partial charge >= 0.3 is 0 Å². The van der Waals surface area contributed by atoms with Crippen molar-refractivity contribution in [2.75, 3.05) is 26.5 Å². The maximum Gasteiger partial charge on any atom is 0.262 e. The zero-order valence-electron chi connectivity index (χ0n) is 18.1. The van der Waals surface area contributed by atoms with Crippen LogP contribution in [0.25, 0.3) is 0 Å². The minimum absolute atomic E-state index is 0.106. The van der Waals surface area contributed by atoms with Gasteiger partial charge in [-0.1, -0.05) is 24.0 Å². The van der Waals surface area contributed by atoms with Crippen LogP contribution in [0.3, 0.4) is 0 Å². The number of pyridine rings is 1. The molecule has 1 saturated heterocycles. The lowest BCUT2D eigenvalue weighted by atomic mass is 10.1. The second kappa shape index (κ2) is 9.40. The molecule has 0 radical (unpaired) electrons. The fourth-order valence-corrected chi connectivity index (χ4v) is 3.70. The molecule has 2 aliphatic rings. The van der Waals surface area contributed by atoms with Gasteiger partial charge in [0.25, 0.3) is 11.5 Å². The van der Waals surface area contributed by atoms with Crippen LogP contribution in [0.15, 0.2) is 41.2 Å². The number of ether oxygens (including phenoxy) is 2. The second-order valence-electron chi connectivity index (χ2n) is 8.22. The molecule has 6 nitrogen and oxygen atoms in total. The van der Waals surface area contributed by atoms with Gasteiger partial charge in [0.1, 0.15) is 12.5 Å². The van der Waals surface area contributed by atoms with Gasteiger partial charge in [0, 0.05) is 29.8 Å². The van der Waals surface area contributed by atoms with Crippen molar-refractivity contribution in [2.45, 2.75) is 39.2 Å². The molecule has 1 amide bonds. The number of carbonyl (C=O) groups is 1. The van der Waals surface area contributed by atoms with Crippen molar-refractivity contribution < 1.29 is 14.3 Å². The first-order valence-corrected chi connectivity index (χ1v) is 10.8. The van der Waals surface area contributed by atoms with Crippen LogP contribution in [-0.2, 0) is 9.53 Å². The molecule has 1 aliphatic heterocycles. The van der Waals surface area contributed by atoms with Gasteiger partial charge in [-0.05, 0) is 56.9 Å². The molecule has 0 unspecified atom stereocenters. The van der Waals surface area contributed by atoms with Gasteiger partial charge in [-0.15, -0.1) is 0 Å². The maximum atomic E-state index is 12.8. The van der Waals surface area contributed by atoms with Crippen molar-refractivity contribution >= 4 is 5.91 Å². The van der Waals surface area contributed by atoms with Crippen LogP contribution in [0.5, 0.6) is 5.75 Å². The van der Waals surface area contributed by atoms with Crippen LogP contribution in [0.4, 0.5) is 0 Å². The van der Waals surface area contributed by atoms with Crippen LogP contribution in [0.2, 0.25) is 0 Å². The van der Waals surface area contributed by atoms with E-state index < -0.39 is 0 Å². The normalized spacial score (nSPS) is 16.9. The number of nitrogens with zero attached hydrogens (tertiary/aromatic N) is 2. The largest absolute Gasteiger partial charge is 0.483 e. The van der Waals surface area contributed by atoms with Crippen molar-refractivity contribution in [1.29, 1.82) is 0 Å². The number of benzene rings is 1. The number of hydrogen-bond donors (Lipinski definition) is 0. The molecule has 0 N–H and O–H groups in total. The predicted molar refractivity (Wildman–Crippen MR) is 118 cm³/mol. The van der Waals surface area contributed by atoms with Gasteiger partial charge in [0.15, 0.2) is 6.61 Å². The molecular weight excluding hydrogens is 392 g/mol. The van der Waals surface area contributed by atoms with E-state index in [9.17, 15) is 9.59 Å². The molecule has 1 aliphatic carbocycles. The highest BCUT2D eigenvalue weighted by Crippen LogP contribution is 2.27. The molecule has 2 aromatic rings. The summed E-state index contributed by atoms with van der Waals surface area (Å²) >= 11 is 0. The third-order valence-corrected chi connectivity index (χ3v) is 5.69. The van der Waals surface area contributed by atoms with Crippen LogP contribution >= 0.6 is 0 Å². The first kappa shape index (κ1) is 21.2. The Kier molecular flexibility index (Phi) is 6.43. The van der Waals surface area contributed by atoms with Gasteiger partial charge < -0.3 is 18.9 Å². The second-order valence-corrected chi connectivity index (χ2v) is 8.22. The van der Waals surface area contributed by atoms with Crippen LogP contribution < -0.4 is 10.3 Å². The minimum atomic E-state index is -0.158. The summed E-state index contributed by atoms with van der Waals surface area (Å²) in [6, 6.07) is 11.2. The Balaban J connectivity index is 1.43. The number of aryl methyl sites for hydroxylation is 1. The Morgan fingerprint density at radius 3 is 2.68 bits per heavy atom. The highest BCUT2D eigenvalue weighted by molar-refractivity contribution is 5.77. The monoisotopic (exact) mass is 420 g/mol. The first-order valence-electron chi connectivity index (χ1n) is 10.8. The lowest BCUT2D eigenvalue weighted by molar-refractivity contribution is -0.142. The molecule has 4 rings (SSSR count). The van der Waals surface area contributed by atoms with E-state index in [1.54, 1.807) is 15.5 Å². The number of amides is 1. The molecule has 1 saturated carbocycles. The van der Waals surface area contributed by atoms with Crippen molar-refractivity contribution in [3.8, 4) is 17.6 Å². The van der Waals surface area contributed by atoms with E-state index in [4.69, 9.17) is 9.47 Å². The summed E-state index contributed by atoms with van der Waals surface area (Å²) in [5, 5.41) is 0. The van der Waals surface area contributed by atoms with E-state index in [2.05, 4.69) is 11.8 Å².